The van der Waals surface area contributed by atoms with Crippen LogP contribution in [-0.4, -0.2) is 34.0 Å². The van der Waals surface area contributed by atoms with E-state index in [1.54, 1.807) is 0 Å². The number of benzene rings is 1. The van der Waals surface area contributed by atoms with E-state index in [0.717, 1.165) is 0 Å². The lowest BCUT2D eigenvalue weighted by molar-refractivity contribution is -0.384. The van der Waals surface area contributed by atoms with Gasteiger partial charge in [0.1, 0.15) is 5.75 Å². The number of nitrogens with zero attached hydrogens (tertiary/aromatic N) is 2. The van der Waals surface area contributed by atoms with E-state index in [1.165, 1.54) is 24.4 Å². The summed E-state index contributed by atoms with van der Waals surface area (Å²) in [5, 5.41) is 29.0. The fourth-order valence-corrected chi connectivity index (χ4v) is 1.23. The first kappa shape index (κ1) is 13.1. The number of aliphatic hydroxyl groups is 1. The first-order valence-electron chi connectivity index (χ1n) is 5.20. The Balaban J connectivity index is 2.97. The molecule has 1 aromatic carbocycles. The molecule has 0 amide bonds. The van der Waals surface area contributed by atoms with Gasteiger partial charge in [0, 0.05) is 23.9 Å². The number of phenols is 1. The van der Waals surface area contributed by atoms with Crippen LogP contribution in [-0.2, 0) is 0 Å². The second-order valence-electron chi connectivity index (χ2n) is 3.52. The van der Waals surface area contributed by atoms with Crippen LogP contribution in [0.1, 0.15) is 18.9 Å². The standard InChI is InChI=1S/C11H14N2O4/c1-2-9(7-14)12-6-8-5-10(13(16)17)3-4-11(8)15/h3-6,9,14-15H,2,7H2,1H3/t9-/m1/s1. The molecule has 0 aliphatic rings. The highest BCUT2D eigenvalue weighted by molar-refractivity contribution is 5.84. The highest BCUT2D eigenvalue weighted by Gasteiger charge is 2.09. The summed E-state index contributed by atoms with van der Waals surface area (Å²) in [5.41, 5.74) is 0.160. The highest BCUT2D eigenvalue weighted by Crippen LogP contribution is 2.21. The normalized spacial score (nSPS) is 12.8. The summed E-state index contributed by atoms with van der Waals surface area (Å²) < 4.78 is 0. The van der Waals surface area contributed by atoms with Gasteiger partial charge in [-0.2, -0.15) is 0 Å². The first-order valence-corrected chi connectivity index (χ1v) is 5.20. The van der Waals surface area contributed by atoms with Gasteiger partial charge in [-0.15, -0.1) is 0 Å². The van der Waals surface area contributed by atoms with Crippen molar-refractivity contribution in [2.24, 2.45) is 4.99 Å². The Morgan fingerprint density at radius 3 is 2.82 bits per heavy atom. The number of phenolic OH excluding ortho intramolecular Hbond substituents is 1. The monoisotopic (exact) mass is 238 g/mol. The van der Waals surface area contributed by atoms with Gasteiger partial charge in [-0.05, 0) is 12.5 Å². The Kier molecular flexibility index (Phi) is 4.59. The molecule has 2 N–H and O–H groups in total. The third-order valence-electron chi connectivity index (χ3n) is 2.33. The molecule has 6 heteroatoms. The van der Waals surface area contributed by atoms with Crippen molar-refractivity contribution in [1.29, 1.82) is 0 Å². The zero-order valence-corrected chi connectivity index (χ0v) is 9.41. The Morgan fingerprint density at radius 2 is 2.29 bits per heavy atom. The van der Waals surface area contributed by atoms with Crippen LogP contribution in [0.5, 0.6) is 5.75 Å². The molecular weight excluding hydrogens is 224 g/mol. The quantitative estimate of drug-likeness (QED) is 0.461. The third kappa shape index (κ3) is 3.53. The molecule has 0 aliphatic carbocycles. The fourth-order valence-electron chi connectivity index (χ4n) is 1.23. The van der Waals surface area contributed by atoms with Crippen LogP contribution in [0.2, 0.25) is 0 Å². The van der Waals surface area contributed by atoms with Crippen molar-refractivity contribution in [2.45, 2.75) is 19.4 Å². The second kappa shape index (κ2) is 5.95. The second-order valence-corrected chi connectivity index (χ2v) is 3.52. The van der Waals surface area contributed by atoms with Gasteiger partial charge >= 0.3 is 0 Å². The number of aliphatic imine (C=N–C) groups is 1. The van der Waals surface area contributed by atoms with Crippen molar-refractivity contribution in [3.8, 4) is 5.75 Å². The zero-order chi connectivity index (χ0) is 12.8. The highest BCUT2D eigenvalue weighted by atomic mass is 16.6. The Labute approximate surface area is 98.4 Å². The summed E-state index contributed by atoms with van der Waals surface area (Å²) >= 11 is 0. The molecule has 0 fully saturated rings. The van der Waals surface area contributed by atoms with Gasteiger partial charge in [0.05, 0.1) is 17.6 Å². The van der Waals surface area contributed by atoms with Gasteiger partial charge in [-0.1, -0.05) is 6.92 Å². The number of hydrogen-bond acceptors (Lipinski definition) is 5. The summed E-state index contributed by atoms with van der Waals surface area (Å²) in [4.78, 5) is 14.0. The number of nitro benzene ring substituents is 1. The molecule has 0 heterocycles. The van der Waals surface area contributed by atoms with Gasteiger partial charge in [0.2, 0.25) is 0 Å². The molecule has 6 nitrogen and oxygen atoms in total. The van der Waals surface area contributed by atoms with Crippen LogP contribution >= 0.6 is 0 Å². The van der Waals surface area contributed by atoms with E-state index < -0.39 is 4.92 Å². The number of aromatic hydroxyl groups is 1. The average Bonchev–Trinajstić information content (AvgIpc) is 2.32. The Morgan fingerprint density at radius 1 is 1.59 bits per heavy atom. The Bertz CT molecular complexity index is 427. The van der Waals surface area contributed by atoms with E-state index in [2.05, 4.69) is 4.99 Å². The minimum atomic E-state index is -0.542. The minimum absolute atomic E-state index is 0.0767. The summed E-state index contributed by atoms with van der Waals surface area (Å²) in [6, 6.07) is 3.45. The summed E-state index contributed by atoms with van der Waals surface area (Å²) in [7, 11) is 0. The molecule has 17 heavy (non-hydrogen) atoms. The van der Waals surface area contributed by atoms with Gasteiger partial charge in [-0.25, -0.2) is 0 Å². The van der Waals surface area contributed by atoms with Crippen LogP contribution in [0.4, 0.5) is 5.69 Å². The molecule has 0 saturated carbocycles. The molecule has 0 saturated heterocycles. The lowest BCUT2D eigenvalue weighted by atomic mass is 10.2. The summed E-state index contributed by atoms with van der Waals surface area (Å²) in [6.45, 7) is 1.77. The van der Waals surface area contributed by atoms with Crippen molar-refractivity contribution < 1.29 is 15.1 Å². The first-order chi connectivity index (χ1) is 8.08. The number of aliphatic hydroxyl groups excluding tert-OH is 1. The molecule has 0 bridgehead atoms. The number of rotatable bonds is 5. The maximum atomic E-state index is 10.6. The molecule has 1 aromatic rings. The van der Waals surface area contributed by atoms with Crippen LogP contribution in [0.25, 0.3) is 0 Å². The number of hydrogen-bond donors (Lipinski definition) is 2. The number of non-ortho nitro benzene ring substituents is 1. The maximum Gasteiger partial charge on any atom is 0.270 e. The molecule has 1 rings (SSSR count). The maximum absolute atomic E-state index is 10.6. The molecule has 1 atom stereocenters. The predicted molar refractivity (Wildman–Crippen MR) is 63.5 cm³/mol. The van der Waals surface area contributed by atoms with Crippen LogP contribution in [0.15, 0.2) is 23.2 Å². The summed E-state index contributed by atoms with van der Waals surface area (Å²) in [5.74, 6) is -0.0767. The predicted octanol–water partition coefficient (Wildman–Crippen LogP) is 1.49. The van der Waals surface area contributed by atoms with E-state index >= 15 is 0 Å². The van der Waals surface area contributed by atoms with E-state index in [0.29, 0.717) is 6.42 Å². The smallest absolute Gasteiger partial charge is 0.270 e. The van der Waals surface area contributed by atoms with Crippen molar-refractivity contribution in [2.75, 3.05) is 6.61 Å². The zero-order valence-electron chi connectivity index (χ0n) is 9.41. The van der Waals surface area contributed by atoms with Gasteiger partial charge in [0.25, 0.3) is 5.69 Å². The largest absolute Gasteiger partial charge is 0.507 e. The fraction of sp³-hybridized carbons (Fsp3) is 0.364. The van der Waals surface area contributed by atoms with Crippen molar-refractivity contribution in [3.63, 3.8) is 0 Å². The van der Waals surface area contributed by atoms with Gasteiger partial charge in [0.15, 0.2) is 0 Å². The van der Waals surface area contributed by atoms with Crippen molar-refractivity contribution in [3.05, 3.63) is 33.9 Å². The lowest BCUT2D eigenvalue weighted by Crippen LogP contribution is -2.08. The van der Waals surface area contributed by atoms with Crippen molar-refractivity contribution >= 4 is 11.9 Å². The van der Waals surface area contributed by atoms with Crippen LogP contribution < -0.4 is 0 Å². The van der Waals surface area contributed by atoms with E-state index in [9.17, 15) is 15.2 Å². The topological polar surface area (TPSA) is 96.0 Å². The summed E-state index contributed by atoms with van der Waals surface area (Å²) in [6.07, 6.45) is 2.00. The van der Waals surface area contributed by atoms with E-state index in [-0.39, 0.29) is 29.6 Å². The average molecular weight is 238 g/mol. The minimum Gasteiger partial charge on any atom is -0.507 e. The molecule has 0 unspecified atom stereocenters. The molecular formula is C11H14N2O4. The van der Waals surface area contributed by atoms with E-state index in [1.807, 2.05) is 6.92 Å². The molecule has 0 aliphatic heterocycles. The number of nitro groups is 1. The SMILES string of the molecule is CC[C@H](CO)N=Cc1cc([N+](=O)[O-])ccc1O. The van der Waals surface area contributed by atoms with Crippen LogP contribution in [0, 0.1) is 10.1 Å². The molecule has 0 aromatic heterocycles. The van der Waals surface area contributed by atoms with Crippen molar-refractivity contribution in [1.82, 2.24) is 0 Å². The molecule has 0 spiro atoms. The van der Waals surface area contributed by atoms with Gasteiger partial charge in [-0.3, -0.25) is 15.1 Å². The lowest BCUT2D eigenvalue weighted by Gasteiger charge is -2.04. The molecule has 0 radical (unpaired) electrons. The van der Waals surface area contributed by atoms with Crippen LogP contribution in [0.3, 0.4) is 0 Å². The third-order valence-corrected chi connectivity index (χ3v) is 2.33. The van der Waals surface area contributed by atoms with E-state index in [4.69, 9.17) is 5.11 Å². The Hall–Kier alpha value is -1.95. The molecule has 92 valence electrons. The van der Waals surface area contributed by atoms with Gasteiger partial charge < -0.3 is 10.2 Å².